The summed E-state index contributed by atoms with van der Waals surface area (Å²) in [4.78, 5) is 26.1. The number of fused-ring (bicyclic) bond motifs is 1. The monoisotopic (exact) mass is 460 g/mol. The van der Waals surface area contributed by atoms with Gasteiger partial charge in [0.25, 0.3) is 0 Å². The fourth-order valence-electron chi connectivity index (χ4n) is 5.08. The zero-order valence-electron chi connectivity index (χ0n) is 18.8. The zero-order chi connectivity index (χ0) is 23.7. The van der Waals surface area contributed by atoms with Crippen LogP contribution < -0.4 is 5.73 Å². The first-order chi connectivity index (χ1) is 16.5. The van der Waals surface area contributed by atoms with E-state index in [4.69, 9.17) is 10.5 Å². The lowest BCUT2D eigenvalue weighted by Crippen LogP contribution is -2.58. The minimum Gasteiger partial charge on any atom is -0.390 e. The van der Waals surface area contributed by atoms with Crippen LogP contribution in [0.3, 0.4) is 0 Å². The maximum absolute atomic E-state index is 13.3. The third-order valence-electron chi connectivity index (χ3n) is 6.97. The minimum atomic E-state index is -1.21. The number of nitrogen functional groups attached to an aromatic ring is 1. The maximum Gasteiger partial charge on any atom is 0.189 e. The highest BCUT2D eigenvalue weighted by atomic mass is 16.5. The van der Waals surface area contributed by atoms with E-state index in [1.54, 1.807) is 18.6 Å². The van der Waals surface area contributed by atoms with Gasteiger partial charge in [-0.25, -0.2) is 9.97 Å². The van der Waals surface area contributed by atoms with E-state index in [1.807, 2.05) is 36.4 Å². The molecule has 4 atom stereocenters. The van der Waals surface area contributed by atoms with Gasteiger partial charge in [0.2, 0.25) is 0 Å². The number of anilines is 1. The fraction of sp³-hybridized carbons (Fsp3) is 0.385. The molecule has 0 bridgehead atoms. The van der Waals surface area contributed by atoms with Crippen LogP contribution in [0.2, 0.25) is 0 Å². The summed E-state index contributed by atoms with van der Waals surface area (Å²) in [5.74, 6) is -0.200. The van der Waals surface area contributed by atoms with Gasteiger partial charge in [0.1, 0.15) is 11.3 Å². The lowest BCUT2D eigenvalue weighted by atomic mass is 9.74. The average Bonchev–Trinajstić information content (AvgIpc) is 2.85. The number of hydrogen-bond donors (Lipinski definition) is 3. The molecule has 0 unspecified atom stereocenters. The van der Waals surface area contributed by atoms with Crippen molar-refractivity contribution in [3.63, 3.8) is 0 Å². The summed E-state index contributed by atoms with van der Waals surface area (Å²) in [5.41, 5.74) is 7.79. The van der Waals surface area contributed by atoms with E-state index in [9.17, 15) is 15.0 Å². The molecule has 2 aromatic heterocycles. The van der Waals surface area contributed by atoms with Crippen molar-refractivity contribution in [2.45, 2.75) is 62.4 Å². The molecule has 34 heavy (non-hydrogen) atoms. The van der Waals surface area contributed by atoms with Crippen LogP contribution in [0.1, 0.15) is 59.8 Å². The molecular weight excluding hydrogens is 432 g/mol. The van der Waals surface area contributed by atoms with Crippen molar-refractivity contribution in [2.75, 3.05) is 5.73 Å². The third kappa shape index (κ3) is 4.20. The summed E-state index contributed by atoms with van der Waals surface area (Å²) < 4.78 is 6.28. The van der Waals surface area contributed by atoms with Crippen molar-refractivity contribution in [2.24, 2.45) is 0 Å². The molecule has 3 heterocycles. The molecule has 1 saturated heterocycles. The second-order valence-electron chi connectivity index (χ2n) is 9.13. The molecule has 1 aliphatic carbocycles. The Hall–Kier alpha value is -3.20. The van der Waals surface area contributed by atoms with Crippen LogP contribution in [0.4, 0.5) is 5.82 Å². The van der Waals surface area contributed by atoms with Crippen molar-refractivity contribution in [3.05, 3.63) is 71.8 Å². The number of ether oxygens (including phenoxy) is 1. The first-order valence-electron chi connectivity index (χ1n) is 11.7. The van der Waals surface area contributed by atoms with Gasteiger partial charge in [0, 0.05) is 30.8 Å². The van der Waals surface area contributed by atoms with Gasteiger partial charge in [-0.3, -0.25) is 9.78 Å². The van der Waals surface area contributed by atoms with Crippen molar-refractivity contribution in [1.82, 2.24) is 15.0 Å². The molecule has 1 aliphatic heterocycles. The number of carbonyl (C=O) groups excluding carboxylic acids is 1. The molecule has 0 radical (unpaired) electrons. The van der Waals surface area contributed by atoms with Crippen molar-refractivity contribution < 1.29 is 19.7 Å². The molecule has 2 aliphatic rings. The SMILES string of the molecule is Nc1ncc(-c2ccccc2)nc1C(=O)Cc1cnccc1[C@H]1C[C@@H](O)[C@@]2(O)CCCC[C@H]2O1. The lowest BCUT2D eigenvalue weighted by molar-refractivity contribution is -0.242. The highest BCUT2D eigenvalue weighted by Crippen LogP contribution is 2.44. The Bertz CT molecular complexity index is 1190. The molecule has 1 aromatic carbocycles. The third-order valence-corrected chi connectivity index (χ3v) is 6.97. The first kappa shape index (κ1) is 22.6. The van der Waals surface area contributed by atoms with Crippen LogP contribution in [0.15, 0.2) is 55.0 Å². The van der Waals surface area contributed by atoms with Crippen LogP contribution in [0, 0.1) is 0 Å². The molecule has 2 fully saturated rings. The second-order valence-corrected chi connectivity index (χ2v) is 9.13. The number of Topliss-reactive ketones (excluding diaryl/α,β-unsaturated/α-hetero) is 1. The summed E-state index contributed by atoms with van der Waals surface area (Å²) in [7, 11) is 0. The van der Waals surface area contributed by atoms with Gasteiger partial charge in [-0.05, 0) is 30.0 Å². The van der Waals surface area contributed by atoms with E-state index in [2.05, 4.69) is 15.0 Å². The largest absolute Gasteiger partial charge is 0.390 e. The topological polar surface area (TPSA) is 131 Å². The summed E-state index contributed by atoms with van der Waals surface area (Å²) in [6.45, 7) is 0. The molecule has 176 valence electrons. The van der Waals surface area contributed by atoms with E-state index >= 15 is 0 Å². The highest BCUT2D eigenvalue weighted by molar-refractivity contribution is 5.99. The number of aromatic nitrogens is 3. The number of nitrogens with two attached hydrogens (primary N) is 1. The number of rotatable bonds is 5. The van der Waals surface area contributed by atoms with Crippen LogP contribution in [-0.4, -0.2) is 48.8 Å². The van der Waals surface area contributed by atoms with Crippen LogP contribution in [0.5, 0.6) is 0 Å². The first-order valence-corrected chi connectivity index (χ1v) is 11.7. The van der Waals surface area contributed by atoms with Gasteiger partial charge in [-0.1, -0.05) is 43.2 Å². The van der Waals surface area contributed by atoms with E-state index in [1.165, 1.54) is 0 Å². The molecule has 4 N–H and O–H groups in total. The number of aliphatic hydroxyl groups is 2. The Labute approximate surface area is 197 Å². The van der Waals surface area contributed by atoms with Crippen molar-refractivity contribution in [1.29, 1.82) is 0 Å². The molecule has 3 aromatic rings. The normalized spacial score (nSPS) is 26.6. The number of carbonyl (C=O) groups is 1. The van der Waals surface area contributed by atoms with Gasteiger partial charge in [0.05, 0.1) is 30.2 Å². The van der Waals surface area contributed by atoms with Gasteiger partial charge in [-0.15, -0.1) is 0 Å². The van der Waals surface area contributed by atoms with Crippen LogP contribution in [0.25, 0.3) is 11.3 Å². The molecule has 5 rings (SSSR count). The van der Waals surface area contributed by atoms with E-state index in [0.29, 0.717) is 24.1 Å². The maximum atomic E-state index is 13.3. The molecule has 1 saturated carbocycles. The molecular formula is C26H28N4O4. The molecule has 8 nitrogen and oxygen atoms in total. The smallest absolute Gasteiger partial charge is 0.189 e. The van der Waals surface area contributed by atoms with Gasteiger partial charge >= 0.3 is 0 Å². The van der Waals surface area contributed by atoms with Gasteiger partial charge in [-0.2, -0.15) is 0 Å². The predicted molar refractivity (Wildman–Crippen MR) is 126 cm³/mol. The van der Waals surface area contributed by atoms with Crippen molar-refractivity contribution >= 4 is 11.6 Å². The number of hydrogen-bond acceptors (Lipinski definition) is 8. The Morgan fingerprint density at radius 3 is 2.82 bits per heavy atom. The second kappa shape index (κ2) is 9.21. The van der Waals surface area contributed by atoms with E-state index in [0.717, 1.165) is 24.0 Å². The van der Waals surface area contributed by atoms with Gasteiger partial charge < -0.3 is 20.7 Å². The average molecular weight is 461 g/mol. The molecule has 0 spiro atoms. The zero-order valence-corrected chi connectivity index (χ0v) is 18.8. The Morgan fingerprint density at radius 1 is 1.18 bits per heavy atom. The number of benzene rings is 1. The summed E-state index contributed by atoms with van der Waals surface area (Å²) >= 11 is 0. The van der Waals surface area contributed by atoms with Crippen molar-refractivity contribution in [3.8, 4) is 11.3 Å². The van der Waals surface area contributed by atoms with Crippen LogP contribution in [-0.2, 0) is 11.2 Å². The minimum absolute atomic E-state index is 0.0190. The quantitative estimate of drug-likeness (QED) is 0.495. The van der Waals surface area contributed by atoms with Gasteiger partial charge in [0.15, 0.2) is 11.6 Å². The summed E-state index contributed by atoms with van der Waals surface area (Å²) in [5, 5.41) is 21.7. The lowest BCUT2D eigenvalue weighted by Gasteiger charge is -2.49. The van der Waals surface area contributed by atoms with E-state index < -0.39 is 23.9 Å². The molecule has 0 amide bonds. The Morgan fingerprint density at radius 2 is 2.00 bits per heavy atom. The summed E-state index contributed by atoms with van der Waals surface area (Å²) in [6, 6.07) is 11.3. The predicted octanol–water partition coefficient (Wildman–Crippen LogP) is 3.04. The number of nitrogens with zero attached hydrogens (tertiary/aromatic N) is 3. The number of pyridine rings is 1. The Kier molecular flexibility index (Phi) is 6.12. The standard InChI is InChI=1S/C26H28N4O4/c27-25-24(30-19(15-29-25)16-6-2-1-3-7-16)20(31)12-17-14-28-11-9-18(17)21-13-22(32)26(33)10-5-4-8-23(26)34-21/h1-3,6-7,9,11,14-15,21-23,32-33H,4-5,8,10,12-13H2,(H2,27,29)/t21-,22-,23-,26+/m1/s1. The number of aliphatic hydroxyl groups excluding tert-OH is 1. The summed E-state index contributed by atoms with van der Waals surface area (Å²) in [6.07, 6.45) is 6.39. The number of ketones is 1. The molecule has 8 heteroatoms. The highest BCUT2D eigenvalue weighted by Gasteiger charge is 2.51. The van der Waals surface area contributed by atoms with E-state index in [-0.39, 0.29) is 30.1 Å². The fourth-order valence-corrected chi connectivity index (χ4v) is 5.08. The Balaban J connectivity index is 1.40. The van der Waals surface area contributed by atoms with Crippen LogP contribution >= 0.6 is 0 Å².